The quantitative estimate of drug-likeness (QED) is 0.811. The Morgan fingerprint density at radius 1 is 1.11 bits per heavy atom. The standard InChI is InChI=1S/C14H17BrN4/c15-5-6-18-7-9-19(10-8-18)14-16-11-12-3-1-2-4-13(12)17-14/h1-4,11H,5-10H2. The third kappa shape index (κ3) is 2.87. The Labute approximate surface area is 121 Å². The maximum absolute atomic E-state index is 4.66. The predicted octanol–water partition coefficient (Wildman–Crippen LogP) is 2.15. The van der Waals surface area contributed by atoms with Gasteiger partial charge >= 0.3 is 0 Å². The van der Waals surface area contributed by atoms with Crippen molar-refractivity contribution in [3.8, 4) is 0 Å². The third-order valence-corrected chi connectivity index (χ3v) is 3.89. The van der Waals surface area contributed by atoms with E-state index in [1.165, 1.54) is 0 Å². The second kappa shape index (κ2) is 5.84. The van der Waals surface area contributed by atoms with Crippen LogP contribution >= 0.6 is 15.9 Å². The number of rotatable bonds is 3. The molecule has 0 radical (unpaired) electrons. The van der Waals surface area contributed by atoms with Crippen molar-refractivity contribution in [1.82, 2.24) is 14.9 Å². The Kier molecular flexibility index (Phi) is 3.94. The number of fused-ring (bicyclic) bond motifs is 1. The van der Waals surface area contributed by atoms with Crippen molar-refractivity contribution in [3.05, 3.63) is 30.5 Å². The Balaban J connectivity index is 1.74. The molecule has 2 heterocycles. The first-order valence-electron chi connectivity index (χ1n) is 6.62. The minimum atomic E-state index is 0.859. The average Bonchev–Trinajstić information content (AvgIpc) is 2.48. The molecule has 0 saturated carbocycles. The number of alkyl halides is 1. The van der Waals surface area contributed by atoms with Crippen LogP contribution in [0.3, 0.4) is 0 Å². The largest absolute Gasteiger partial charge is 0.338 e. The summed E-state index contributed by atoms with van der Waals surface area (Å²) in [6.45, 7) is 5.30. The Bertz CT molecular complexity index is 552. The van der Waals surface area contributed by atoms with Gasteiger partial charge in [-0.2, -0.15) is 0 Å². The molecule has 0 atom stereocenters. The van der Waals surface area contributed by atoms with Gasteiger partial charge in [-0.1, -0.05) is 34.1 Å². The highest BCUT2D eigenvalue weighted by molar-refractivity contribution is 9.09. The molecule has 5 heteroatoms. The maximum atomic E-state index is 4.66. The van der Waals surface area contributed by atoms with Crippen molar-refractivity contribution in [2.24, 2.45) is 0 Å². The summed E-state index contributed by atoms with van der Waals surface area (Å²) < 4.78 is 0. The number of piperazine rings is 1. The molecule has 0 bridgehead atoms. The van der Waals surface area contributed by atoms with E-state index in [9.17, 15) is 0 Å². The van der Waals surface area contributed by atoms with Crippen molar-refractivity contribution in [2.45, 2.75) is 0 Å². The minimum Gasteiger partial charge on any atom is -0.338 e. The molecule has 1 aromatic carbocycles. The topological polar surface area (TPSA) is 32.3 Å². The van der Waals surface area contributed by atoms with E-state index in [0.29, 0.717) is 0 Å². The van der Waals surface area contributed by atoms with Crippen molar-refractivity contribution < 1.29 is 0 Å². The molecule has 2 aromatic rings. The summed E-state index contributed by atoms with van der Waals surface area (Å²) >= 11 is 3.49. The van der Waals surface area contributed by atoms with Crippen LogP contribution in [-0.4, -0.2) is 52.9 Å². The maximum Gasteiger partial charge on any atom is 0.225 e. The number of anilines is 1. The zero-order valence-corrected chi connectivity index (χ0v) is 12.4. The van der Waals surface area contributed by atoms with Crippen LogP contribution in [0.15, 0.2) is 30.5 Å². The van der Waals surface area contributed by atoms with Gasteiger partial charge in [-0.05, 0) is 6.07 Å². The molecule has 19 heavy (non-hydrogen) atoms. The van der Waals surface area contributed by atoms with E-state index >= 15 is 0 Å². The Hall–Kier alpha value is -1.20. The first-order chi connectivity index (χ1) is 9.36. The Morgan fingerprint density at radius 3 is 2.68 bits per heavy atom. The summed E-state index contributed by atoms with van der Waals surface area (Å²) in [5.74, 6) is 0.859. The van der Waals surface area contributed by atoms with Gasteiger partial charge in [-0.25, -0.2) is 9.97 Å². The van der Waals surface area contributed by atoms with Gasteiger partial charge in [0.25, 0.3) is 0 Å². The van der Waals surface area contributed by atoms with Crippen molar-refractivity contribution in [3.63, 3.8) is 0 Å². The van der Waals surface area contributed by atoms with E-state index in [-0.39, 0.29) is 0 Å². The number of hydrogen-bond acceptors (Lipinski definition) is 4. The lowest BCUT2D eigenvalue weighted by molar-refractivity contribution is 0.272. The lowest BCUT2D eigenvalue weighted by Gasteiger charge is -2.34. The fourth-order valence-corrected chi connectivity index (χ4v) is 2.91. The summed E-state index contributed by atoms with van der Waals surface area (Å²) in [4.78, 5) is 13.9. The highest BCUT2D eigenvalue weighted by Crippen LogP contribution is 2.16. The van der Waals surface area contributed by atoms with Crippen molar-refractivity contribution in [1.29, 1.82) is 0 Å². The smallest absolute Gasteiger partial charge is 0.225 e. The molecule has 0 aliphatic carbocycles. The number of para-hydroxylation sites is 1. The highest BCUT2D eigenvalue weighted by Gasteiger charge is 2.18. The van der Waals surface area contributed by atoms with E-state index in [1.807, 2.05) is 30.5 Å². The van der Waals surface area contributed by atoms with Gasteiger partial charge in [-0.15, -0.1) is 0 Å². The van der Waals surface area contributed by atoms with Crippen LogP contribution < -0.4 is 4.90 Å². The van der Waals surface area contributed by atoms with Gasteiger partial charge in [0.05, 0.1) is 5.52 Å². The van der Waals surface area contributed by atoms with E-state index < -0.39 is 0 Å². The molecular formula is C14H17BrN4. The van der Waals surface area contributed by atoms with E-state index in [4.69, 9.17) is 0 Å². The van der Waals surface area contributed by atoms with Crippen molar-refractivity contribution in [2.75, 3.05) is 43.0 Å². The molecule has 0 N–H and O–H groups in total. The molecule has 1 fully saturated rings. The normalized spacial score (nSPS) is 17.0. The summed E-state index contributed by atoms with van der Waals surface area (Å²) in [6.07, 6.45) is 1.92. The molecule has 1 aliphatic heterocycles. The summed E-state index contributed by atoms with van der Waals surface area (Å²) in [5, 5.41) is 2.14. The first-order valence-corrected chi connectivity index (χ1v) is 7.74. The molecule has 4 nitrogen and oxygen atoms in total. The number of nitrogens with zero attached hydrogens (tertiary/aromatic N) is 4. The molecule has 0 spiro atoms. The number of aromatic nitrogens is 2. The van der Waals surface area contributed by atoms with Crippen molar-refractivity contribution >= 4 is 32.8 Å². The van der Waals surface area contributed by atoms with Crippen LogP contribution in [0.25, 0.3) is 10.9 Å². The first kappa shape index (κ1) is 12.8. The molecular weight excluding hydrogens is 304 g/mol. The molecule has 0 amide bonds. The second-order valence-electron chi connectivity index (χ2n) is 4.75. The number of hydrogen-bond donors (Lipinski definition) is 0. The van der Waals surface area contributed by atoms with Crippen LogP contribution in [0.4, 0.5) is 5.95 Å². The molecule has 1 aromatic heterocycles. The number of benzene rings is 1. The molecule has 1 aliphatic rings. The molecule has 1 saturated heterocycles. The van der Waals surface area contributed by atoms with Gasteiger partial charge in [0.1, 0.15) is 0 Å². The molecule has 3 rings (SSSR count). The van der Waals surface area contributed by atoms with Gasteiger partial charge in [0.2, 0.25) is 5.95 Å². The van der Waals surface area contributed by atoms with Crippen LogP contribution in [0.2, 0.25) is 0 Å². The second-order valence-corrected chi connectivity index (χ2v) is 5.54. The SMILES string of the molecule is BrCCN1CCN(c2ncc3ccccc3n2)CC1. The van der Waals surface area contributed by atoms with Crippen LogP contribution in [-0.2, 0) is 0 Å². The van der Waals surface area contributed by atoms with Gasteiger partial charge < -0.3 is 4.90 Å². The number of halogens is 1. The summed E-state index contributed by atoms with van der Waals surface area (Å²) in [5.41, 5.74) is 1.02. The van der Waals surface area contributed by atoms with Gasteiger partial charge in [-0.3, -0.25) is 4.90 Å². The highest BCUT2D eigenvalue weighted by atomic mass is 79.9. The molecule has 100 valence electrons. The monoisotopic (exact) mass is 320 g/mol. The van der Waals surface area contributed by atoms with E-state index in [0.717, 1.165) is 54.9 Å². The fraction of sp³-hybridized carbons (Fsp3) is 0.429. The van der Waals surface area contributed by atoms with Gasteiger partial charge in [0.15, 0.2) is 0 Å². The third-order valence-electron chi connectivity index (χ3n) is 3.53. The zero-order valence-electron chi connectivity index (χ0n) is 10.8. The lowest BCUT2D eigenvalue weighted by Crippen LogP contribution is -2.47. The molecule has 0 unspecified atom stereocenters. The predicted molar refractivity (Wildman–Crippen MR) is 82.0 cm³/mol. The average molecular weight is 321 g/mol. The van der Waals surface area contributed by atoms with Crippen LogP contribution in [0.5, 0.6) is 0 Å². The zero-order chi connectivity index (χ0) is 13.1. The van der Waals surface area contributed by atoms with E-state index in [2.05, 4.69) is 35.7 Å². The van der Waals surface area contributed by atoms with Gasteiger partial charge in [0, 0.05) is 49.6 Å². The Morgan fingerprint density at radius 2 is 1.89 bits per heavy atom. The summed E-state index contributed by atoms with van der Waals surface area (Å²) in [6, 6.07) is 8.13. The van der Waals surface area contributed by atoms with Crippen LogP contribution in [0, 0.1) is 0 Å². The minimum absolute atomic E-state index is 0.859. The summed E-state index contributed by atoms with van der Waals surface area (Å²) in [7, 11) is 0. The fourth-order valence-electron chi connectivity index (χ4n) is 2.41. The van der Waals surface area contributed by atoms with E-state index in [1.54, 1.807) is 0 Å². The lowest BCUT2D eigenvalue weighted by atomic mass is 10.2. The van der Waals surface area contributed by atoms with Crippen LogP contribution in [0.1, 0.15) is 0 Å².